The average Bonchev–Trinajstić information content (AvgIpc) is 2.68. The van der Waals surface area contributed by atoms with Gasteiger partial charge in [0.15, 0.2) is 0 Å². The van der Waals surface area contributed by atoms with E-state index in [0.717, 1.165) is 30.9 Å². The number of anilines is 1. The maximum absolute atomic E-state index is 12.7. The van der Waals surface area contributed by atoms with Crippen molar-refractivity contribution in [2.24, 2.45) is 0 Å². The molecule has 0 saturated heterocycles. The van der Waals surface area contributed by atoms with Crippen molar-refractivity contribution in [2.45, 2.75) is 84.2 Å². The number of halogens is 3. The fraction of sp³-hybridized carbons (Fsp3) is 0.538. The van der Waals surface area contributed by atoms with Crippen LogP contribution >= 0.6 is 0 Å². The third kappa shape index (κ3) is 8.37. The minimum atomic E-state index is -4.54. The molecule has 0 atom stereocenters. The van der Waals surface area contributed by atoms with Gasteiger partial charge in [-0.15, -0.1) is 0 Å². The SMILES string of the molecule is CC(C)(C)c1ccc(OCCCCCC(=O)Nc2ccnc(C(F)(F)F)c2)c(C(C)(C)C)c1. The minimum absolute atomic E-state index is 0.0480. The largest absolute Gasteiger partial charge is 0.493 e. The number of amides is 1. The number of hydrogen-bond acceptors (Lipinski definition) is 3. The van der Waals surface area contributed by atoms with Gasteiger partial charge in [0.1, 0.15) is 11.4 Å². The van der Waals surface area contributed by atoms with E-state index in [1.807, 2.05) is 6.07 Å². The minimum Gasteiger partial charge on any atom is -0.493 e. The van der Waals surface area contributed by atoms with Crippen molar-refractivity contribution in [3.05, 3.63) is 53.3 Å². The van der Waals surface area contributed by atoms with E-state index in [-0.39, 0.29) is 28.8 Å². The second-order valence-electron chi connectivity index (χ2n) is 10.3. The van der Waals surface area contributed by atoms with Gasteiger partial charge in [-0.25, -0.2) is 0 Å². The summed E-state index contributed by atoms with van der Waals surface area (Å²) in [5.41, 5.74) is 1.52. The highest BCUT2D eigenvalue weighted by Gasteiger charge is 2.32. The number of nitrogens with one attached hydrogen (secondary N) is 1. The van der Waals surface area contributed by atoms with Crippen LogP contribution in [0.25, 0.3) is 0 Å². The molecule has 0 spiro atoms. The summed E-state index contributed by atoms with van der Waals surface area (Å²) in [5, 5.41) is 2.50. The maximum atomic E-state index is 12.7. The van der Waals surface area contributed by atoms with Gasteiger partial charge in [-0.05, 0) is 59.4 Å². The summed E-state index contributed by atoms with van der Waals surface area (Å²) in [6, 6.07) is 8.56. The first-order valence-electron chi connectivity index (χ1n) is 11.3. The first kappa shape index (κ1) is 26.7. The van der Waals surface area contributed by atoms with Gasteiger partial charge in [0.25, 0.3) is 0 Å². The molecule has 0 aliphatic rings. The van der Waals surface area contributed by atoms with Gasteiger partial charge in [0.2, 0.25) is 5.91 Å². The Bertz CT molecular complexity index is 942. The lowest BCUT2D eigenvalue weighted by molar-refractivity contribution is -0.141. The van der Waals surface area contributed by atoms with E-state index in [0.29, 0.717) is 13.0 Å². The van der Waals surface area contributed by atoms with Crippen LogP contribution in [0.2, 0.25) is 0 Å². The van der Waals surface area contributed by atoms with Gasteiger partial charge in [-0.1, -0.05) is 53.7 Å². The number of carbonyl (C=O) groups is 1. The number of alkyl halides is 3. The molecule has 0 fully saturated rings. The Labute approximate surface area is 195 Å². The Hall–Kier alpha value is -2.57. The highest BCUT2D eigenvalue weighted by atomic mass is 19.4. The number of unbranched alkanes of at least 4 members (excludes halogenated alkanes) is 2. The molecule has 0 aliphatic heterocycles. The summed E-state index contributed by atoms with van der Waals surface area (Å²) in [6.45, 7) is 13.6. The molecular formula is C26H35F3N2O2. The van der Waals surface area contributed by atoms with E-state index in [1.54, 1.807) is 0 Å². The van der Waals surface area contributed by atoms with Crippen LogP contribution in [0, 0.1) is 0 Å². The van der Waals surface area contributed by atoms with Gasteiger partial charge in [-0.3, -0.25) is 9.78 Å². The quantitative estimate of drug-likeness (QED) is 0.418. The van der Waals surface area contributed by atoms with E-state index in [9.17, 15) is 18.0 Å². The van der Waals surface area contributed by atoms with E-state index in [2.05, 4.69) is 64.0 Å². The fourth-order valence-corrected chi connectivity index (χ4v) is 3.34. The number of aromatic nitrogens is 1. The standard InChI is InChI=1S/C26H35F3N2O2/c1-24(2,3)18-11-12-21(20(16-18)25(4,5)6)33-15-9-7-8-10-23(32)31-19-13-14-30-22(17-19)26(27,28)29/h11-14,16-17H,7-10,15H2,1-6H3,(H,30,31,32). The Morgan fingerprint density at radius 1 is 0.939 bits per heavy atom. The number of rotatable bonds is 8. The summed E-state index contributed by atoms with van der Waals surface area (Å²) >= 11 is 0. The molecule has 7 heteroatoms. The molecule has 1 aromatic heterocycles. The molecule has 2 rings (SSSR count). The van der Waals surface area contributed by atoms with Gasteiger partial charge >= 0.3 is 6.18 Å². The Morgan fingerprint density at radius 2 is 1.64 bits per heavy atom. The fourth-order valence-electron chi connectivity index (χ4n) is 3.34. The van der Waals surface area contributed by atoms with Gasteiger partial charge in [-0.2, -0.15) is 13.2 Å². The zero-order valence-corrected chi connectivity index (χ0v) is 20.4. The highest BCUT2D eigenvalue weighted by molar-refractivity contribution is 5.90. The first-order valence-corrected chi connectivity index (χ1v) is 11.3. The lowest BCUT2D eigenvalue weighted by Crippen LogP contribution is -2.18. The van der Waals surface area contributed by atoms with E-state index >= 15 is 0 Å². The van der Waals surface area contributed by atoms with Crippen LogP contribution in [0.15, 0.2) is 36.5 Å². The maximum Gasteiger partial charge on any atom is 0.433 e. The summed E-state index contributed by atoms with van der Waals surface area (Å²) < 4.78 is 44.2. The van der Waals surface area contributed by atoms with Crippen LogP contribution in [0.4, 0.5) is 18.9 Å². The van der Waals surface area contributed by atoms with E-state index in [4.69, 9.17) is 4.74 Å². The summed E-state index contributed by atoms with van der Waals surface area (Å²) in [4.78, 5) is 15.3. The zero-order chi connectivity index (χ0) is 24.9. The van der Waals surface area contributed by atoms with Crippen molar-refractivity contribution in [3.8, 4) is 5.75 Å². The Morgan fingerprint density at radius 3 is 2.24 bits per heavy atom. The van der Waals surface area contributed by atoms with Crippen molar-refractivity contribution < 1.29 is 22.7 Å². The van der Waals surface area contributed by atoms with Crippen LogP contribution in [-0.4, -0.2) is 17.5 Å². The molecule has 0 saturated carbocycles. The highest BCUT2D eigenvalue weighted by Crippen LogP contribution is 2.35. The molecule has 33 heavy (non-hydrogen) atoms. The van der Waals surface area contributed by atoms with Gasteiger partial charge in [0.05, 0.1) is 6.61 Å². The number of benzene rings is 1. The lowest BCUT2D eigenvalue weighted by atomic mass is 9.80. The van der Waals surface area contributed by atoms with E-state index in [1.165, 1.54) is 17.2 Å². The molecular weight excluding hydrogens is 429 g/mol. The second-order valence-corrected chi connectivity index (χ2v) is 10.3. The molecule has 1 aromatic carbocycles. The third-order valence-corrected chi connectivity index (χ3v) is 5.29. The average molecular weight is 465 g/mol. The van der Waals surface area contributed by atoms with Crippen molar-refractivity contribution in [2.75, 3.05) is 11.9 Å². The molecule has 0 bridgehead atoms. The summed E-state index contributed by atoms with van der Waals surface area (Å²) in [7, 11) is 0. The van der Waals surface area contributed by atoms with Crippen LogP contribution < -0.4 is 10.1 Å². The normalized spacial score (nSPS) is 12.5. The van der Waals surface area contributed by atoms with Crippen LogP contribution in [0.5, 0.6) is 5.75 Å². The predicted octanol–water partition coefficient (Wildman–Crippen LogP) is 7.27. The van der Waals surface area contributed by atoms with Crippen molar-refractivity contribution in [1.82, 2.24) is 4.98 Å². The topological polar surface area (TPSA) is 51.2 Å². The van der Waals surface area contributed by atoms with Crippen LogP contribution in [-0.2, 0) is 21.8 Å². The molecule has 4 nitrogen and oxygen atoms in total. The number of ether oxygens (including phenoxy) is 1. The van der Waals surface area contributed by atoms with Crippen LogP contribution in [0.1, 0.15) is 84.0 Å². The third-order valence-electron chi connectivity index (χ3n) is 5.29. The van der Waals surface area contributed by atoms with Crippen molar-refractivity contribution in [1.29, 1.82) is 0 Å². The van der Waals surface area contributed by atoms with Gasteiger partial charge in [0, 0.05) is 18.3 Å². The first-order chi connectivity index (χ1) is 15.2. The smallest absolute Gasteiger partial charge is 0.433 e. The van der Waals surface area contributed by atoms with Crippen LogP contribution in [0.3, 0.4) is 0 Å². The molecule has 1 amide bonds. The Balaban J connectivity index is 1.80. The monoisotopic (exact) mass is 464 g/mol. The van der Waals surface area contributed by atoms with E-state index < -0.39 is 11.9 Å². The molecule has 0 radical (unpaired) electrons. The van der Waals surface area contributed by atoms with Crippen molar-refractivity contribution in [3.63, 3.8) is 0 Å². The number of carbonyl (C=O) groups excluding carboxylic acids is 1. The molecule has 182 valence electrons. The molecule has 1 N–H and O–H groups in total. The number of nitrogens with zero attached hydrogens (tertiary/aromatic N) is 1. The molecule has 0 unspecified atom stereocenters. The lowest BCUT2D eigenvalue weighted by Gasteiger charge is -2.27. The second kappa shape index (κ2) is 10.6. The summed E-state index contributed by atoms with van der Waals surface area (Å²) in [6.07, 6.45) is -1.08. The summed E-state index contributed by atoms with van der Waals surface area (Å²) in [5.74, 6) is 0.564. The van der Waals surface area contributed by atoms with Crippen molar-refractivity contribution >= 4 is 11.6 Å². The molecule has 1 heterocycles. The number of hydrogen-bond donors (Lipinski definition) is 1. The molecule has 0 aliphatic carbocycles. The zero-order valence-electron chi connectivity index (χ0n) is 20.4. The van der Waals surface area contributed by atoms with Gasteiger partial charge < -0.3 is 10.1 Å². The predicted molar refractivity (Wildman–Crippen MR) is 126 cm³/mol. The molecule has 2 aromatic rings. The Kier molecular flexibility index (Phi) is 8.55. The number of pyridine rings is 1.